The number of carbonyl (C=O) groups is 1. The van der Waals surface area contributed by atoms with Gasteiger partial charge in [-0.2, -0.15) is 0 Å². The molecule has 7 heteroatoms. The van der Waals surface area contributed by atoms with Crippen LogP contribution in [-0.4, -0.2) is 38.9 Å². The van der Waals surface area contributed by atoms with Gasteiger partial charge in [-0.1, -0.05) is 24.3 Å². The number of para-hydroxylation sites is 1. The van der Waals surface area contributed by atoms with Crippen LogP contribution in [0.3, 0.4) is 0 Å². The summed E-state index contributed by atoms with van der Waals surface area (Å²) in [6.45, 7) is 2.54. The van der Waals surface area contributed by atoms with Crippen LogP contribution in [0.4, 0.5) is 4.79 Å². The van der Waals surface area contributed by atoms with Crippen molar-refractivity contribution in [3.05, 3.63) is 53.7 Å². The maximum atomic E-state index is 10.9. The Morgan fingerprint density at radius 3 is 2.81 bits per heavy atom. The number of aromatic nitrogens is 2. The summed E-state index contributed by atoms with van der Waals surface area (Å²) in [4.78, 5) is 20.3. The number of amides is 1. The van der Waals surface area contributed by atoms with Crippen molar-refractivity contribution in [1.29, 1.82) is 0 Å². The van der Waals surface area contributed by atoms with Gasteiger partial charge >= 0.3 is 6.09 Å². The second kappa shape index (κ2) is 6.85. The van der Waals surface area contributed by atoms with Crippen molar-refractivity contribution in [2.45, 2.75) is 25.4 Å². The monoisotopic (exact) mass is 364 g/mol. The largest absolute Gasteiger partial charge is 0.507 e. The van der Waals surface area contributed by atoms with Gasteiger partial charge in [-0.3, -0.25) is 0 Å². The molecular weight excluding hydrogens is 344 g/mol. The Balaban J connectivity index is 1.82. The second-order valence-electron chi connectivity index (χ2n) is 6.81. The van der Waals surface area contributed by atoms with E-state index in [1.165, 1.54) is 0 Å². The third-order valence-corrected chi connectivity index (χ3v) is 4.82. The maximum absolute atomic E-state index is 10.9. The van der Waals surface area contributed by atoms with Crippen molar-refractivity contribution in [3.8, 4) is 17.1 Å². The van der Waals surface area contributed by atoms with E-state index in [4.69, 9.17) is 10.1 Å². The molecular formula is C20H20N4O3. The van der Waals surface area contributed by atoms with Crippen LogP contribution in [0.15, 0.2) is 42.5 Å². The molecule has 2 heterocycles. The molecule has 2 atom stereocenters. The van der Waals surface area contributed by atoms with E-state index in [0.717, 1.165) is 22.2 Å². The zero-order valence-corrected chi connectivity index (χ0v) is 14.8. The summed E-state index contributed by atoms with van der Waals surface area (Å²) in [5.41, 5.74) is 3.27. The molecule has 27 heavy (non-hydrogen) atoms. The van der Waals surface area contributed by atoms with Gasteiger partial charge < -0.3 is 20.8 Å². The lowest BCUT2D eigenvalue weighted by Crippen LogP contribution is -2.34. The van der Waals surface area contributed by atoms with Crippen LogP contribution < -0.4 is 10.6 Å². The Bertz CT molecular complexity index is 1020. The Labute approximate surface area is 156 Å². The van der Waals surface area contributed by atoms with Crippen molar-refractivity contribution in [1.82, 2.24) is 20.6 Å². The first kappa shape index (κ1) is 17.2. The molecule has 1 amide bonds. The molecule has 1 saturated heterocycles. The van der Waals surface area contributed by atoms with Crippen molar-refractivity contribution in [3.63, 3.8) is 0 Å². The number of phenolic OH excluding ortho intramolecular Hbond substituents is 1. The number of phenols is 1. The predicted molar refractivity (Wildman–Crippen MR) is 102 cm³/mol. The zero-order chi connectivity index (χ0) is 19.0. The lowest BCUT2D eigenvalue weighted by molar-refractivity contribution is 0.190. The van der Waals surface area contributed by atoms with Gasteiger partial charge in [-0.25, -0.2) is 14.8 Å². The maximum Gasteiger partial charge on any atom is 0.404 e. The van der Waals surface area contributed by atoms with Gasteiger partial charge in [0.25, 0.3) is 0 Å². The fraction of sp³-hybridized carbons (Fsp3) is 0.250. The molecule has 0 aliphatic carbocycles. The molecule has 0 spiro atoms. The number of hydrogen-bond acceptors (Lipinski definition) is 5. The quantitative estimate of drug-likeness (QED) is 0.569. The van der Waals surface area contributed by atoms with E-state index in [1.54, 1.807) is 18.2 Å². The number of hydrogen-bond donors (Lipinski definition) is 4. The molecule has 2 aromatic carbocycles. The highest BCUT2D eigenvalue weighted by atomic mass is 16.4. The standard InChI is InChI=1S/C20H20N4O3/c1-11-6-7-13-15(8-11)23-19(14-4-2-3-5-17(14)25)24-18(13)16-9-12(10-21-16)22-20(26)27/h2-8,12,16,21-22,25H,9-10H2,1H3,(H,26,27). The minimum atomic E-state index is -1.03. The highest BCUT2D eigenvalue weighted by molar-refractivity contribution is 5.84. The Morgan fingerprint density at radius 2 is 2.04 bits per heavy atom. The van der Waals surface area contributed by atoms with E-state index < -0.39 is 6.09 Å². The van der Waals surface area contributed by atoms with Crippen LogP contribution in [0, 0.1) is 6.92 Å². The summed E-state index contributed by atoms with van der Waals surface area (Å²) in [6, 6.07) is 12.7. The molecule has 138 valence electrons. The minimum Gasteiger partial charge on any atom is -0.507 e. The van der Waals surface area contributed by atoms with E-state index >= 15 is 0 Å². The number of nitrogens with zero attached hydrogens (tertiary/aromatic N) is 2. The zero-order valence-electron chi connectivity index (χ0n) is 14.8. The van der Waals surface area contributed by atoms with E-state index in [0.29, 0.717) is 24.4 Å². The second-order valence-corrected chi connectivity index (χ2v) is 6.81. The minimum absolute atomic E-state index is 0.0975. The number of aromatic hydroxyl groups is 1. The first-order chi connectivity index (χ1) is 13.0. The third-order valence-electron chi connectivity index (χ3n) is 4.82. The van der Waals surface area contributed by atoms with Gasteiger partial charge in [-0.05, 0) is 37.1 Å². The summed E-state index contributed by atoms with van der Waals surface area (Å²) < 4.78 is 0. The Morgan fingerprint density at radius 1 is 1.22 bits per heavy atom. The highest BCUT2D eigenvalue weighted by Crippen LogP contribution is 2.33. The molecule has 0 radical (unpaired) electrons. The fourth-order valence-electron chi connectivity index (χ4n) is 3.54. The lowest BCUT2D eigenvalue weighted by Gasteiger charge is -2.15. The number of fused-ring (bicyclic) bond motifs is 1. The normalized spacial score (nSPS) is 19.3. The first-order valence-corrected chi connectivity index (χ1v) is 8.81. The van der Waals surface area contributed by atoms with Gasteiger partial charge in [0.2, 0.25) is 0 Å². The summed E-state index contributed by atoms with van der Waals surface area (Å²) >= 11 is 0. The number of benzene rings is 2. The summed E-state index contributed by atoms with van der Waals surface area (Å²) in [5.74, 6) is 0.581. The van der Waals surface area contributed by atoms with Crippen molar-refractivity contribution in [2.24, 2.45) is 0 Å². The highest BCUT2D eigenvalue weighted by Gasteiger charge is 2.29. The Kier molecular flexibility index (Phi) is 4.37. The van der Waals surface area contributed by atoms with Crippen LogP contribution in [-0.2, 0) is 0 Å². The molecule has 4 rings (SSSR count). The van der Waals surface area contributed by atoms with Crippen LogP contribution in [0.2, 0.25) is 0 Å². The molecule has 2 unspecified atom stereocenters. The van der Waals surface area contributed by atoms with Crippen LogP contribution in [0.1, 0.15) is 23.7 Å². The van der Waals surface area contributed by atoms with Crippen LogP contribution in [0.25, 0.3) is 22.3 Å². The van der Waals surface area contributed by atoms with Gasteiger partial charge in [0.05, 0.1) is 22.8 Å². The molecule has 0 bridgehead atoms. The van der Waals surface area contributed by atoms with E-state index in [9.17, 15) is 9.90 Å². The first-order valence-electron chi connectivity index (χ1n) is 8.81. The van der Waals surface area contributed by atoms with Gasteiger partial charge in [0.1, 0.15) is 5.75 Å². The van der Waals surface area contributed by atoms with Crippen molar-refractivity contribution < 1.29 is 15.0 Å². The average molecular weight is 364 g/mol. The number of aryl methyl sites for hydroxylation is 1. The van der Waals surface area contributed by atoms with E-state index in [1.807, 2.05) is 31.2 Å². The van der Waals surface area contributed by atoms with Crippen LogP contribution in [0.5, 0.6) is 5.75 Å². The summed E-state index contributed by atoms with van der Waals surface area (Å²) in [7, 11) is 0. The molecule has 4 N–H and O–H groups in total. The summed E-state index contributed by atoms with van der Waals surface area (Å²) in [5, 5.41) is 26.0. The lowest BCUT2D eigenvalue weighted by atomic mass is 10.0. The molecule has 0 saturated carbocycles. The predicted octanol–water partition coefficient (Wildman–Crippen LogP) is 2.98. The van der Waals surface area contributed by atoms with Gasteiger partial charge in [0, 0.05) is 18.0 Å². The van der Waals surface area contributed by atoms with Crippen molar-refractivity contribution in [2.75, 3.05) is 6.54 Å². The summed E-state index contributed by atoms with van der Waals surface area (Å²) in [6.07, 6.45) is -0.424. The molecule has 1 aliphatic heterocycles. The van der Waals surface area contributed by atoms with Gasteiger partial charge in [0.15, 0.2) is 5.82 Å². The van der Waals surface area contributed by atoms with E-state index in [-0.39, 0.29) is 17.8 Å². The molecule has 1 fully saturated rings. The molecule has 1 aliphatic rings. The van der Waals surface area contributed by atoms with Gasteiger partial charge in [-0.15, -0.1) is 0 Å². The molecule has 1 aromatic heterocycles. The average Bonchev–Trinajstić information content (AvgIpc) is 3.08. The fourth-order valence-corrected chi connectivity index (χ4v) is 3.54. The number of rotatable bonds is 3. The molecule has 3 aromatic rings. The number of nitrogens with one attached hydrogen (secondary N) is 2. The van der Waals surface area contributed by atoms with E-state index in [2.05, 4.69) is 15.6 Å². The Hall–Kier alpha value is -3.19. The third kappa shape index (κ3) is 3.41. The topological polar surface area (TPSA) is 107 Å². The number of carboxylic acid groups (broad SMARTS) is 1. The van der Waals surface area contributed by atoms with Crippen LogP contribution >= 0.6 is 0 Å². The molecule has 7 nitrogen and oxygen atoms in total. The van der Waals surface area contributed by atoms with Crippen molar-refractivity contribution >= 4 is 17.0 Å². The SMILES string of the molecule is Cc1ccc2c(C3CC(NC(=O)O)CN3)nc(-c3ccccc3O)nc2c1. The smallest absolute Gasteiger partial charge is 0.404 e.